The summed E-state index contributed by atoms with van der Waals surface area (Å²) in [5, 5.41) is 3.77. The molecule has 2 atom stereocenters. The molecule has 2 unspecified atom stereocenters. The molecule has 3 fully saturated rings. The van der Waals surface area contributed by atoms with Crippen molar-refractivity contribution < 1.29 is 14.3 Å². The topological polar surface area (TPSA) is 79.8 Å². The lowest BCUT2D eigenvalue weighted by Crippen LogP contribution is -2.69. The van der Waals surface area contributed by atoms with Gasteiger partial charge in [-0.1, -0.05) is 11.8 Å². The summed E-state index contributed by atoms with van der Waals surface area (Å²) >= 11 is 1.55. The highest BCUT2D eigenvalue weighted by molar-refractivity contribution is 7.98. The van der Waals surface area contributed by atoms with Gasteiger partial charge in [-0.05, 0) is 30.9 Å². The van der Waals surface area contributed by atoms with Crippen LogP contribution in [0.25, 0.3) is 0 Å². The summed E-state index contributed by atoms with van der Waals surface area (Å²) in [6.07, 6.45) is 4.93. The lowest BCUT2D eigenvalue weighted by Gasteiger charge is -2.56. The third-order valence-corrected chi connectivity index (χ3v) is 6.18. The lowest BCUT2D eigenvalue weighted by atomic mass is 9.87. The van der Waals surface area contributed by atoms with Crippen molar-refractivity contribution in [2.75, 3.05) is 49.3 Å². The SMILES string of the molecule is CSc1nccc(N2CC3CC(C2)N3CC(=O)Nc2ccc3c(c2)OCCO3)n1. The van der Waals surface area contributed by atoms with Crippen LogP contribution in [-0.4, -0.2) is 72.0 Å². The number of fused-ring (bicyclic) bond motifs is 3. The van der Waals surface area contributed by atoms with Gasteiger partial charge in [0.1, 0.15) is 19.0 Å². The number of rotatable bonds is 5. The van der Waals surface area contributed by atoms with Crippen molar-refractivity contribution >= 4 is 29.2 Å². The van der Waals surface area contributed by atoms with Crippen LogP contribution >= 0.6 is 11.8 Å². The second kappa shape index (κ2) is 7.72. The van der Waals surface area contributed by atoms with Gasteiger partial charge in [0.15, 0.2) is 16.7 Å². The molecule has 0 aliphatic carbocycles. The van der Waals surface area contributed by atoms with Crippen LogP contribution in [0.2, 0.25) is 0 Å². The van der Waals surface area contributed by atoms with Gasteiger partial charge in [-0.15, -0.1) is 0 Å². The number of amides is 1. The summed E-state index contributed by atoms with van der Waals surface area (Å²) in [5.41, 5.74) is 0.733. The van der Waals surface area contributed by atoms with Gasteiger partial charge < -0.3 is 19.7 Å². The van der Waals surface area contributed by atoms with Crippen LogP contribution in [-0.2, 0) is 4.79 Å². The molecule has 2 aromatic rings. The van der Waals surface area contributed by atoms with Crippen molar-refractivity contribution in [3.8, 4) is 11.5 Å². The first kappa shape index (κ1) is 18.5. The van der Waals surface area contributed by atoms with Crippen molar-refractivity contribution in [2.45, 2.75) is 23.7 Å². The summed E-state index contributed by atoms with van der Waals surface area (Å²) in [7, 11) is 0. The molecule has 4 aliphatic heterocycles. The fourth-order valence-corrected chi connectivity index (χ4v) is 4.58. The van der Waals surface area contributed by atoms with Crippen LogP contribution < -0.4 is 19.7 Å². The van der Waals surface area contributed by atoms with Crippen molar-refractivity contribution in [3.63, 3.8) is 0 Å². The molecule has 1 aromatic carbocycles. The predicted octanol–water partition coefficient (Wildman–Crippen LogP) is 1.87. The van der Waals surface area contributed by atoms with Crippen LogP contribution in [0.15, 0.2) is 35.6 Å². The molecule has 0 radical (unpaired) electrons. The number of anilines is 2. The third-order valence-electron chi connectivity index (χ3n) is 5.62. The number of thioether (sulfide) groups is 1. The molecule has 29 heavy (non-hydrogen) atoms. The summed E-state index contributed by atoms with van der Waals surface area (Å²) in [6, 6.07) is 8.24. The molecule has 1 N–H and O–H groups in total. The van der Waals surface area contributed by atoms with E-state index in [-0.39, 0.29) is 5.91 Å². The Morgan fingerprint density at radius 2 is 2.00 bits per heavy atom. The number of hydrogen-bond donors (Lipinski definition) is 1. The maximum absolute atomic E-state index is 12.6. The largest absolute Gasteiger partial charge is 0.486 e. The number of aromatic nitrogens is 2. The minimum atomic E-state index is -0.00321. The second-order valence-electron chi connectivity index (χ2n) is 7.43. The molecule has 4 aliphatic rings. The summed E-state index contributed by atoms with van der Waals surface area (Å²) in [5.74, 6) is 2.37. The summed E-state index contributed by atoms with van der Waals surface area (Å²) < 4.78 is 11.1. The Hall–Kier alpha value is -2.52. The summed E-state index contributed by atoms with van der Waals surface area (Å²) in [4.78, 5) is 26.0. The van der Waals surface area contributed by atoms with Crippen LogP contribution in [0.1, 0.15) is 6.42 Å². The van der Waals surface area contributed by atoms with Crippen molar-refractivity contribution in [2.24, 2.45) is 0 Å². The Morgan fingerprint density at radius 1 is 1.21 bits per heavy atom. The van der Waals surface area contributed by atoms with E-state index in [9.17, 15) is 4.79 Å². The molecule has 9 heteroatoms. The molecule has 152 valence electrons. The Bertz CT molecular complexity index is 915. The second-order valence-corrected chi connectivity index (χ2v) is 8.20. The van der Waals surface area contributed by atoms with E-state index in [2.05, 4.69) is 25.1 Å². The molecule has 0 spiro atoms. The number of nitrogens with one attached hydrogen (secondary N) is 1. The van der Waals surface area contributed by atoms with E-state index in [4.69, 9.17) is 9.47 Å². The van der Waals surface area contributed by atoms with Gasteiger partial charge >= 0.3 is 0 Å². The van der Waals surface area contributed by atoms with Crippen LogP contribution in [0.3, 0.4) is 0 Å². The van der Waals surface area contributed by atoms with Crippen molar-refractivity contribution in [3.05, 3.63) is 30.5 Å². The van der Waals surface area contributed by atoms with E-state index < -0.39 is 0 Å². The van der Waals surface area contributed by atoms with Gasteiger partial charge in [0.05, 0.1) is 6.54 Å². The Kier molecular flexibility index (Phi) is 4.92. The van der Waals surface area contributed by atoms with Crippen LogP contribution in [0.4, 0.5) is 11.5 Å². The Morgan fingerprint density at radius 3 is 2.79 bits per heavy atom. The monoisotopic (exact) mass is 413 g/mol. The number of carbonyl (C=O) groups excluding carboxylic acids is 1. The number of piperazine rings is 1. The predicted molar refractivity (Wildman–Crippen MR) is 111 cm³/mol. The Labute approximate surface area is 173 Å². The van der Waals surface area contributed by atoms with Gasteiger partial charge in [0.25, 0.3) is 0 Å². The average Bonchev–Trinajstić information content (AvgIpc) is 2.77. The molecule has 6 rings (SSSR count). The van der Waals surface area contributed by atoms with Gasteiger partial charge in [0, 0.05) is 43.1 Å². The average molecular weight is 414 g/mol. The molecule has 0 saturated carbocycles. The first-order valence-corrected chi connectivity index (χ1v) is 11.0. The number of hydrogen-bond acceptors (Lipinski definition) is 8. The molecule has 5 heterocycles. The minimum Gasteiger partial charge on any atom is -0.486 e. The number of carbonyl (C=O) groups is 1. The van der Waals surface area contributed by atoms with Gasteiger partial charge in [0.2, 0.25) is 5.91 Å². The number of nitrogens with zero attached hydrogens (tertiary/aromatic N) is 4. The highest BCUT2D eigenvalue weighted by atomic mass is 32.2. The number of ether oxygens (including phenoxy) is 2. The van der Waals surface area contributed by atoms with Gasteiger partial charge in [-0.25, -0.2) is 9.97 Å². The van der Waals surface area contributed by atoms with Crippen LogP contribution in [0.5, 0.6) is 11.5 Å². The van der Waals surface area contributed by atoms with Gasteiger partial charge in [-0.3, -0.25) is 9.69 Å². The highest BCUT2D eigenvalue weighted by Crippen LogP contribution is 2.35. The molecule has 1 amide bonds. The smallest absolute Gasteiger partial charge is 0.238 e. The van der Waals surface area contributed by atoms with E-state index in [1.165, 1.54) is 0 Å². The maximum atomic E-state index is 12.6. The van der Waals surface area contributed by atoms with E-state index in [0.717, 1.165) is 41.9 Å². The zero-order valence-corrected chi connectivity index (χ0v) is 17.0. The summed E-state index contributed by atoms with van der Waals surface area (Å²) in [6.45, 7) is 3.26. The fourth-order valence-electron chi connectivity index (χ4n) is 4.23. The zero-order valence-electron chi connectivity index (χ0n) is 16.2. The highest BCUT2D eigenvalue weighted by Gasteiger charge is 2.45. The van der Waals surface area contributed by atoms with Gasteiger partial charge in [-0.2, -0.15) is 0 Å². The lowest BCUT2D eigenvalue weighted by molar-refractivity contribution is -0.121. The minimum absolute atomic E-state index is 0.00321. The van der Waals surface area contributed by atoms with Crippen molar-refractivity contribution in [1.29, 1.82) is 0 Å². The number of benzene rings is 1. The van der Waals surface area contributed by atoms with Crippen molar-refractivity contribution in [1.82, 2.24) is 14.9 Å². The van der Waals surface area contributed by atoms with E-state index in [1.54, 1.807) is 11.8 Å². The zero-order chi connectivity index (χ0) is 19.8. The molecule has 2 bridgehead atoms. The van der Waals surface area contributed by atoms with E-state index in [0.29, 0.717) is 37.6 Å². The molecule has 1 aromatic heterocycles. The first-order valence-electron chi connectivity index (χ1n) is 9.77. The van der Waals surface area contributed by atoms with E-state index >= 15 is 0 Å². The standard InChI is InChI=1S/C20H23N5O3S/c1-29-20-21-5-4-18(23-20)24-10-14-9-15(11-24)25(14)12-19(26)22-13-2-3-16-17(8-13)28-7-6-27-16/h2-5,8,14-15H,6-7,9-12H2,1H3,(H,22,26). The molecular weight excluding hydrogens is 390 g/mol. The maximum Gasteiger partial charge on any atom is 0.238 e. The quantitative estimate of drug-likeness (QED) is 0.588. The third kappa shape index (κ3) is 3.72. The molecule has 8 nitrogen and oxygen atoms in total. The first-order chi connectivity index (χ1) is 14.2. The normalized spacial score (nSPS) is 22.7. The Balaban J connectivity index is 1.18. The van der Waals surface area contributed by atoms with E-state index in [1.807, 2.05) is 36.7 Å². The van der Waals surface area contributed by atoms with Crippen LogP contribution in [0, 0.1) is 0 Å². The molecule has 3 saturated heterocycles. The number of piperidine rings is 1. The fraction of sp³-hybridized carbons (Fsp3) is 0.450. The molecular formula is C20H23N5O3S.